The molecule has 140 valence electrons. The molecule has 0 atom stereocenters. The van der Waals surface area contributed by atoms with Crippen molar-refractivity contribution in [2.45, 2.75) is 6.54 Å². The highest BCUT2D eigenvalue weighted by Gasteiger charge is 2.11. The lowest BCUT2D eigenvalue weighted by molar-refractivity contribution is 0.911. The highest BCUT2D eigenvalue weighted by molar-refractivity contribution is 7.08. The molecule has 0 radical (unpaired) electrons. The topological polar surface area (TPSA) is 108 Å². The maximum Gasteiger partial charge on any atom is 0.186 e. The SMILES string of the molecule is N#Cc1cccc(-c2cnc(CNc3ccc4nnc(-c5ccsc5)n4n3)[nH]2)c1. The van der Waals surface area contributed by atoms with Gasteiger partial charge in [-0.2, -0.15) is 21.1 Å². The standard InChI is InChI=1S/C20H14N8S/c21-9-13-2-1-3-14(8-13)16-10-22-18(24-16)11-23-17-4-5-19-25-26-20(28(19)27-17)15-6-7-29-12-15/h1-8,10,12H,11H2,(H,22,24)(H,23,27). The first-order valence-electron chi connectivity index (χ1n) is 8.83. The Morgan fingerprint density at radius 2 is 2.10 bits per heavy atom. The van der Waals surface area contributed by atoms with Crippen molar-refractivity contribution in [3.63, 3.8) is 0 Å². The van der Waals surface area contributed by atoms with Gasteiger partial charge in [0.05, 0.1) is 30.1 Å². The molecule has 0 saturated heterocycles. The minimum absolute atomic E-state index is 0.479. The van der Waals surface area contributed by atoms with Crippen LogP contribution in [-0.4, -0.2) is 29.8 Å². The van der Waals surface area contributed by atoms with Crippen LogP contribution < -0.4 is 5.32 Å². The van der Waals surface area contributed by atoms with Gasteiger partial charge in [0.2, 0.25) is 0 Å². The third kappa shape index (κ3) is 3.33. The molecule has 4 heterocycles. The summed E-state index contributed by atoms with van der Waals surface area (Å²) >= 11 is 1.61. The highest BCUT2D eigenvalue weighted by atomic mass is 32.1. The number of nitrogens with zero attached hydrogens (tertiary/aromatic N) is 6. The van der Waals surface area contributed by atoms with Crippen LogP contribution >= 0.6 is 11.3 Å². The van der Waals surface area contributed by atoms with E-state index in [1.54, 1.807) is 28.1 Å². The van der Waals surface area contributed by atoms with Crippen LogP contribution in [0.5, 0.6) is 0 Å². The molecule has 1 aromatic carbocycles. The molecule has 0 spiro atoms. The number of hydrogen-bond acceptors (Lipinski definition) is 7. The molecule has 29 heavy (non-hydrogen) atoms. The van der Waals surface area contributed by atoms with E-state index in [0.717, 1.165) is 22.6 Å². The summed E-state index contributed by atoms with van der Waals surface area (Å²) in [5.41, 5.74) is 4.08. The minimum atomic E-state index is 0.479. The van der Waals surface area contributed by atoms with Gasteiger partial charge in [-0.25, -0.2) is 4.98 Å². The number of H-pyrrole nitrogens is 1. The maximum absolute atomic E-state index is 9.06. The number of hydrogen-bond donors (Lipinski definition) is 2. The number of aromatic nitrogens is 6. The molecule has 0 amide bonds. The van der Waals surface area contributed by atoms with E-state index < -0.39 is 0 Å². The predicted molar refractivity (Wildman–Crippen MR) is 110 cm³/mol. The summed E-state index contributed by atoms with van der Waals surface area (Å²) < 4.78 is 1.73. The number of fused-ring (bicyclic) bond motifs is 1. The molecule has 2 N–H and O–H groups in total. The summed E-state index contributed by atoms with van der Waals surface area (Å²) in [7, 11) is 0. The second-order valence-corrected chi connectivity index (χ2v) is 7.09. The zero-order valence-electron chi connectivity index (χ0n) is 15.1. The van der Waals surface area contributed by atoms with Crippen molar-refractivity contribution in [2.75, 3.05) is 5.32 Å². The van der Waals surface area contributed by atoms with Crippen LogP contribution in [0.4, 0.5) is 5.82 Å². The van der Waals surface area contributed by atoms with Crippen molar-refractivity contribution >= 4 is 22.8 Å². The number of imidazole rings is 1. The number of nitriles is 1. The molecule has 0 fully saturated rings. The van der Waals surface area contributed by atoms with Gasteiger partial charge in [0, 0.05) is 16.5 Å². The largest absolute Gasteiger partial charge is 0.361 e. The average molecular weight is 398 g/mol. The monoisotopic (exact) mass is 398 g/mol. The Morgan fingerprint density at radius 1 is 1.14 bits per heavy atom. The van der Waals surface area contributed by atoms with Crippen LogP contribution in [0.2, 0.25) is 0 Å². The lowest BCUT2D eigenvalue weighted by Crippen LogP contribution is -2.05. The summed E-state index contributed by atoms with van der Waals surface area (Å²) in [5, 5.41) is 29.4. The quantitative estimate of drug-likeness (QED) is 0.467. The van der Waals surface area contributed by atoms with Crippen LogP contribution in [0.25, 0.3) is 28.3 Å². The van der Waals surface area contributed by atoms with Gasteiger partial charge < -0.3 is 10.3 Å². The minimum Gasteiger partial charge on any atom is -0.361 e. The number of nitrogens with one attached hydrogen (secondary N) is 2. The summed E-state index contributed by atoms with van der Waals surface area (Å²) in [6, 6.07) is 15.3. The Bertz CT molecular complexity index is 1330. The lowest BCUT2D eigenvalue weighted by Gasteiger charge is -2.04. The molecule has 0 aliphatic carbocycles. The predicted octanol–water partition coefficient (Wildman–Crippen LogP) is 3.73. The molecule has 0 aliphatic rings. The van der Waals surface area contributed by atoms with Crippen molar-refractivity contribution in [1.82, 2.24) is 29.8 Å². The van der Waals surface area contributed by atoms with Gasteiger partial charge in [-0.05, 0) is 35.7 Å². The molecule has 8 nitrogen and oxygen atoms in total. The van der Waals surface area contributed by atoms with Gasteiger partial charge in [0.1, 0.15) is 11.6 Å². The van der Waals surface area contributed by atoms with E-state index in [-0.39, 0.29) is 0 Å². The smallest absolute Gasteiger partial charge is 0.186 e. The van der Waals surface area contributed by atoms with Crippen molar-refractivity contribution < 1.29 is 0 Å². The lowest BCUT2D eigenvalue weighted by atomic mass is 10.1. The Hall–Kier alpha value is -4.03. The third-order valence-corrected chi connectivity index (χ3v) is 5.09. The van der Waals surface area contributed by atoms with Gasteiger partial charge in [0.25, 0.3) is 0 Å². The van der Waals surface area contributed by atoms with Crippen LogP contribution in [0, 0.1) is 11.3 Å². The van der Waals surface area contributed by atoms with E-state index in [1.165, 1.54) is 0 Å². The number of anilines is 1. The second kappa shape index (κ2) is 7.18. The molecule has 5 rings (SSSR count). The first-order chi connectivity index (χ1) is 14.3. The number of aromatic amines is 1. The first-order valence-corrected chi connectivity index (χ1v) is 9.78. The van der Waals surface area contributed by atoms with Gasteiger partial charge in [-0.1, -0.05) is 12.1 Å². The van der Waals surface area contributed by atoms with E-state index in [9.17, 15) is 0 Å². The Kier molecular flexibility index (Phi) is 4.23. The van der Waals surface area contributed by atoms with E-state index in [2.05, 4.69) is 36.7 Å². The fourth-order valence-electron chi connectivity index (χ4n) is 2.98. The van der Waals surface area contributed by atoms with Crippen LogP contribution in [0.3, 0.4) is 0 Å². The first kappa shape index (κ1) is 17.1. The molecular formula is C20H14N8S. The third-order valence-electron chi connectivity index (χ3n) is 4.41. The van der Waals surface area contributed by atoms with Crippen molar-refractivity contribution in [3.8, 4) is 28.7 Å². The summed E-state index contributed by atoms with van der Waals surface area (Å²) in [6.45, 7) is 0.479. The van der Waals surface area contributed by atoms with E-state index in [0.29, 0.717) is 29.4 Å². The molecule has 9 heteroatoms. The van der Waals surface area contributed by atoms with Gasteiger partial charge in [-0.15, -0.1) is 15.3 Å². The average Bonchev–Trinajstić information content (AvgIpc) is 3.52. The van der Waals surface area contributed by atoms with Crippen molar-refractivity contribution in [2.24, 2.45) is 0 Å². The highest BCUT2D eigenvalue weighted by Crippen LogP contribution is 2.21. The van der Waals surface area contributed by atoms with E-state index in [1.807, 2.05) is 47.2 Å². The normalized spacial score (nSPS) is 10.9. The zero-order chi connectivity index (χ0) is 19.6. The zero-order valence-corrected chi connectivity index (χ0v) is 15.9. The Balaban J connectivity index is 1.35. The second-order valence-electron chi connectivity index (χ2n) is 6.31. The summed E-state index contributed by atoms with van der Waals surface area (Å²) in [5.74, 6) is 2.17. The molecule has 0 saturated carbocycles. The van der Waals surface area contributed by atoms with Crippen LogP contribution in [-0.2, 0) is 6.54 Å². The summed E-state index contributed by atoms with van der Waals surface area (Å²) in [4.78, 5) is 7.69. The summed E-state index contributed by atoms with van der Waals surface area (Å²) in [6.07, 6.45) is 1.76. The van der Waals surface area contributed by atoms with Gasteiger partial charge in [0.15, 0.2) is 11.5 Å². The molecule has 5 aromatic rings. The van der Waals surface area contributed by atoms with Crippen molar-refractivity contribution in [1.29, 1.82) is 5.26 Å². The molecule has 0 unspecified atom stereocenters. The van der Waals surface area contributed by atoms with E-state index >= 15 is 0 Å². The van der Waals surface area contributed by atoms with E-state index in [4.69, 9.17) is 5.26 Å². The van der Waals surface area contributed by atoms with Crippen LogP contribution in [0.15, 0.2) is 59.4 Å². The number of thiophene rings is 1. The Labute approximate surface area is 169 Å². The molecular weight excluding hydrogens is 384 g/mol. The molecule has 4 aromatic heterocycles. The van der Waals surface area contributed by atoms with Crippen LogP contribution in [0.1, 0.15) is 11.4 Å². The molecule has 0 bridgehead atoms. The fraction of sp³-hybridized carbons (Fsp3) is 0.0500. The Morgan fingerprint density at radius 3 is 2.97 bits per heavy atom. The van der Waals surface area contributed by atoms with Gasteiger partial charge >= 0.3 is 0 Å². The van der Waals surface area contributed by atoms with Crippen molar-refractivity contribution in [3.05, 3.63) is 70.8 Å². The number of rotatable bonds is 5. The molecule has 0 aliphatic heterocycles. The van der Waals surface area contributed by atoms with Gasteiger partial charge in [-0.3, -0.25) is 0 Å². The maximum atomic E-state index is 9.06. The fourth-order valence-corrected chi connectivity index (χ4v) is 3.62. The number of benzene rings is 1.